The minimum absolute atomic E-state index is 0.270. The Morgan fingerprint density at radius 3 is 2.73 bits per heavy atom. The molecule has 0 aliphatic heterocycles. The molecule has 0 radical (unpaired) electrons. The Labute approximate surface area is 153 Å². The number of nitrogens with zero attached hydrogens (tertiary/aromatic N) is 3. The molecule has 0 fully saturated rings. The van der Waals surface area contributed by atoms with Gasteiger partial charge in [-0.1, -0.05) is 30.3 Å². The Balaban J connectivity index is 1.80. The fraction of sp³-hybridized carbons (Fsp3) is 0.111. The molecular weight excluding hydrogens is 352 g/mol. The Morgan fingerprint density at radius 1 is 1.31 bits per heavy atom. The fourth-order valence-corrected chi connectivity index (χ4v) is 3.12. The molecule has 3 rings (SSSR count). The van der Waals surface area contributed by atoms with Crippen LogP contribution in [-0.4, -0.2) is 21.2 Å². The third kappa shape index (κ3) is 3.55. The van der Waals surface area contributed by atoms with Crippen LogP contribution in [0.4, 0.5) is 10.8 Å². The normalized spacial score (nSPS) is 11.0. The second-order valence-corrected chi connectivity index (χ2v) is 6.49. The van der Waals surface area contributed by atoms with Crippen molar-refractivity contribution in [1.82, 2.24) is 4.98 Å². The summed E-state index contributed by atoms with van der Waals surface area (Å²) < 4.78 is 0. The number of phenols is 1. The summed E-state index contributed by atoms with van der Waals surface area (Å²) >= 11 is 1.39. The van der Waals surface area contributed by atoms with Crippen molar-refractivity contribution in [2.75, 3.05) is 5.43 Å². The topological polar surface area (TPSA) is 101 Å². The van der Waals surface area contributed by atoms with Crippen molar-refractivity contribution in [3.63, 3.8) is 0 Å². The number of thiazole rings is 1. The lowest BCUT2D eigenvalue weighted by molar-refractivity contribution is -0.386. The van der Waals surface area contributed by atoms with E-state index in [-0.39, 0.29) is 11.3 Å². The van der Waals surface area contributed by atoms with Crippen molar-refractivity contribution in [3.8, 4) is 17.0 Å². The molecular formula is C18H16N4O3S. The summed E-state index contributed by atoms with van der Waals surface area (Å²) in [6.45, 7) is 3.35. The number of benzene rings is 2. The van der Waals surface area contributed by atoms with Gasteiger partial charge in [-0.15, -0.1) is 11.3 Å². The van der Waals surface area contributed by atoms with Gasteiger partial charge in [0.05, 0.1) is 16.8 Å². The average molecular weight is 368 g/mol. The number of anilines is 1. The Kier molecular flexibility index (Phi) is 4.94. The molecule has 0 saturated carbocycles. The molecule has 2 N–H and O–H groups in total. The average Bonchev–Trinajstić information content (AvgIpc) is 3.09. The highest BCUT2D eigenvalue weighted by Gasteiger charge is 2.21. The van der Waals surface area contributed by atoms with Crippen LogP contribution in [0.15, 0.2) is 46.9 Å². The third-order valence-electron chi connectivity index (χ3n) is 3.94. The molecule has 26 heavy (non-hydrogen) atoms. The highest BCUT2D eigenvalue weighted by molar-refractivity contribution is 7.14. The number of hydrazone groups is 1. The summed E-state index contributed by atoms with van der Waals surface area (Å²) in [6.07, 6.45) is 1.35. The fourth-order valence-electron chi connectivity index (χ4n) is 2.46. The van der Waals surface area contributed by atoms with E-state index in [1.165, 1.54) is 17.6 Å². The molecule has 0 unspecified atom stereocenters. The van der Waals surface area contributed by atoms with Gasteiger partial charge < -0.3 is 5.11 Å². The predicted molar refractivity (Wildman–Crippen MR) is 103 cm³/mol. The van der Waals surface area contributed by atoms with Crippen LogP contribution >= 0.6 is 11.3 Å². The lowest BCUT2D eigenvalue weighted by Gasteiger charge is -2.06. The first-order chi connectivity index (χ1) is 12.5. The van der Waals surface area contributed by atoms with E-state index in [9.17, 15) is 15.2 Å². The predicted octanol–water partition coefficient (Wildman–Crippen LogP) is 4.49. The minimum atomic E-state index is -0.588. The number of hydrogen-bond acceptors (Lipinski definition) is 7. The van der Waals surface area contributed by atoms with Crippen LogP contribution in [0, 0.1) is 24.0 Å². The number of nitro benzene ring substituents is 1. The number of hydrogen-bond donors (Lipinski definition) is 2. The third-order valence-corrected chi connectivity index (χ3v) is 4.68. The quantitative estimate of drug-likeness (QED) is 0.393. The smallest absolute Gasteiger partial charge is 0.314 e. The first-order valence-corrected chi connectivity index (χ1v) is 8.63. The number of aryl methyl sites for hydroxylation is 1. The summed E-state index contributed by atoms with van der Waals surface area (Å²) in [5.41, 5.74) is 5.74. The van der Waals surface area contributed by atoms with Crippen molar-refractivity contribution < 1.29 is 10.0 Å². The van der Waals surface area contributed by atoms with E-state index >= 15 is 0 Å². The maximum atomic E-state index is 11.2. The van der Waals surface area contributed by atoms with Gasteiger partial charge in [0, 0.05) is 22.1 Å². The molecule has 7 nitrogen and oxygen atoms in total. The summed E-state index contributed by atoms with van der Waals surface area (Å²) in [5.74, 6) is -0.396. The van der Waals surface area contributed by atoms with Crippen molar-refractivity contribution in [1.29, 1.82) is 0 Å². The number of nitrogens with one attached hydrogen (secondary N) is 1. The lowest BCUT2D eigenvalue weighted by atomic mass is 10.0. The number of phenolic OH excluding ortho intramolecular Hbond substituents is 1. The molecule has 0 atom stereocenters. The molecule has 132 valence electrons. The van der Waals surface area contributed by atoms with Crippen LogP contribution in [-0.2, 0) is 0 Å². The second kappa shape index (κ2) is 7.32. The number of nitro groups is 1. The zero-order chi connectivity index (χ0) is 18.7. The first-order valence-electron chi connectivity index (χ1n) is 7.75. The standard InChI is InChI=1S/C18H16N4O3S/c1-11-8-14(17(23)16(12(11)2)22(24)25)9-19-21-18-20-15(10-26-18)13-6-4-3-5-7-13/h3-10,23H,1-2H3,(H,20,21). The molecule has 0 amide bonds. The zero-order valence-corrected chi connectivity index (χ0v) is 14.9. The van der Waals surface area contributed by atoms with Crippen LogP contribution < -0.4 is 5.43 Å². The van der Waals surface area contributed by atoms with Crippen molar-refractivity contribution in [2.45, 2.75) is 13.8 Å². The lowest BCUT2D eigenvalue weighted by Crippen LogP contribution is -1.99. The van der Waals surface area contributed by atoms with Crippen LogP contribution in [0.2, 0.25) is 0 Å². The molecule has 3 aromatic rings. The number of aromatic hydroxyl groups is 1. The van der Waals surface area contributed by atoms with E-state index in [0.717, 1.165) is 11.3 Å². The van der Waals surface area contributed by atoms with E-state index in [1.807, 2.05) is 35.7 Å². The molecule has 8 heteroatoms. The Morgan fingerprint density at radius 2 is 2.04 bits per heavy atom. The van der Waals surface area contributed by atoms with Gasteiger partial charge in [0.25, 0.3) is 0 Å². The molecule has 0 spiro atoms. The molecule has 1 aromatic heterocycles. The summed E-state index contributed by atoms with van der Waals surface area (Å²) in [4.78, 5) is 15.0. The first kappa shape index (κ1) is 17.6. The van der Waals surface area contributed by atoms with Crippen molar-refractivity contribution in [3.05, 3.63) is 68.6 Å². The maximum absolute atomic E-state index is 11.2. The number of aromatic nitrogens is 1. The summed E-state index contributed by atoms with van der Waals surface area (Å²) in [5, 5.41) is 27.8. The highest BCUT2D eigenvalue weighted by Crippen LogP contribution is 2.34. The van der Waals surface area contributed by atoms with Crippen LogP contribution in [0.1, 0.15) is 16.7 Å². The highest BCUT2D eigenvalue weighted by atomic mass is 32.1. The van der Waals surface area contributed by atoms with E-state index in [0.29, 0.717) is 16.3 Å². The van der Waals surface area contributed by atoms with Gasteiger partial charge in [0.15, 0.2) is 0 Å². The second-order valence-electron chi connectivity index (χ2n) is 5.64. The Bertz CT molecular complexity index is 984. The molecule has 0 bridgehead atoms. The maximum Gasteiger partial charge on any atom is 0.314 e. The van der Waals surface area contributed by atoms with E-state index in [1.54, 1.807) is 19.9 Å². The van der Waals surface area contributed by atoms with Crippen LogP contribution in [0.3, 0.4) is 0 Å². The number of rotatable bonds is 5. The molecule has 0 aliphatic rings. The van der Waals surface area contributed by atoms with E-state index < -0.39 is 10.7 Å². The van der Waals surface area contributed by atoms with Crippen molar-refractivity contribution >= 4 is 28.4 Å². The van der Waals surface area contributed by atoms with Gasteiger partial charge >= 0.3 is 5.69 Å². The van der Waals surface area contributed by atoms with Gasteiger partial charge in [0.2, 0.25) is 10.9 Å². The van der Waals surface area contributed by atoms with Gasteiger partial charge in [-0.3, -0.25) is 15.5 Å². The van der Waals surface area contributed by atoms with Crippen LogP contribution in [0.25, 0.3) is 11.3 Å². The molecule has 0 aliphatic carbocycles. The SMILES string of the molecule is Cc1cc(C=NNc2nc(-c3ccccc3)cs2)c(O)c([N+](=O)[O-])c1C. The van der Waals surface area contributed by atoms with Gasteiger partial charge in [-0.2, -0.15) is 5.10 Å². The molecule has 1 heterocycles. The van der Waals surface area contributed by atoms with Gasteiger partial charge in [-0.25, -0.2) is 4.98 Å². The molecule has 2 aromatic carbocycles. The summed E-state index contributed by atoms with van der Waals surface area (Å²) in [7, 11) is 0. The Hall–Kier alpha value is -3.26. The van der Waals surface area contributed by atoms with Crippen LogP contribution in [0.5, 0.6) is 5.75 Å². The van der Waals surface area contributed by atoms with Gasteiger partial charge in [-0.05, 0) is 25.5 Å². The van der Waals surface area contributed by atoms with Crippen molar-refractivity contribution in [2.24, 2.45) is 5.10 Å². The summed E-state index contributed by atoms with van der Waals surface area (Å²) in [6, 6.07) is 11.4. The largest absolute Gasteiger partial charge is 0.502 e. The monoisotopic (exact) mass is 368 g/mol. The van der Waals surface area contributed by atoms with Gasteiger partial charge in [0.1, 0.15) is 0 Å². The van der Waals surface area contributed by atoms with E-state index in [2.05, 4.69) is 15.5 Å². The van der Waals surface area contributed by atoms with E-state index in [4.69, 9.17) is 0 Å². The minimum Gasteiger partial charge on any atom is -0.502 e. The molecule has 0 saturated heterocycles. The zero-order valence-electron chi connectivity index (χ0n) is 14.1.